The summed E-state index contributed by atoms with van der Waals surface area (Å²) in [6.07, 6.45) is 2.06. The van der Waals surface area contributed by atoms with Gasteiger partial charge in [0.1, 0.15) is 12.6 Å². The van der Waals surface area contributed by atoms with Crippen molar-refractivity contribution >= 4 is 29.2 Å². The molecule has 39 heavy (non-hydrogen) atoms. The molecule has 10 nitrogen and oxygen atoms in total. The van der Waals surface area contributed by atoms with Gasteiger partial charge in [0.25, 0.3) is 0 Å². The Morgan fingerprint density at radius 3 is 2.26 bits per heavy atom. The van der Waals surface area contributed by atoms with Crippen molar-refractivity contribution in [1.29, 1.82) is 0 Å². The van der Waals surface area contributed by atoms with Gasteiger partial charge in [0, 0.05) is 18.1 Å². The number of benzene rings is 1. The molecule has 1 aromatic carbocycles. The Morgan fingerprint density at radius 2 is 1.79 bits per heavy atom. The van der Waals surface area contributed by atoms with Gasteiger partial charge in [-0.3, -0.25) is 9.69 Å². The average Bonchev–Trinajstić information content (AvgIpc) is 3.12. The van der Waals surface area contributed by atoms with Crippen LogP contribution < -0.4 is 21.7 Å². The zero-order valence-corrected chi connectivity index (χ0v) is 26.0. The van der Waals surface area contributed by atoms with Crippen LogP contribution in [0.3, 0.4) is 0 Å². The molecule has 0 atom stereocenters. The third-order valence-electron chi connectivity index (χ3n) is 5.62. The number of anilines is 1. The summed E-state index contributed by atoms with van der Waals surface area (Å²) >= 11 is 5.81. The fraction of sp³-hybridized carbons (Fsp3) is 0.643. The van der Waals surface area contributed by atoms with Gasteiger partial charge in [0.2, 0.25) is 5.91 Å². The highest BCUT2D eigenvalue weighted by Gasteiger charge is 2.26. The van der Waals surface area contributed by atoms with Crippen molar-refractivity contribution in [3.8, 4) is 0 Å². The van der Waals surface area contributed by atoms with Gasteiger partial charge in [-0.25, -0.2) is 9.59 Å². The highest BCUT2D eigenvalue weighted by Crippen LogP contribution is 2.34. The summed E-state index contributed by atoms with van der Waals surface area (Å²) in [6, 6.07) is 5.54. The van der Waals surface area contributed by atoms with Gasteiger partial charge in [0.05, 0.1) is 5.69 Å². The number of alkyl halides is 1. The molecule has 1 heterocycles. The Morgan fingerprint density at radius 1 is 1.18 bits per heavy atom. The molecule has 0 fully saturated rings. The standard InChI is InChI=1S/C18H28ClNO2.C10H19N5O2/c1-6-7-11-22-13-20(16(21)12-19)17-14(2)9-8-10-15(17)18(3,4)5;1-6(2)7-13-15(9(17)14(7)11)8(16)12-10(3,4)5/h8-10H,6-7,11-13H2,1-5H3;6H,11H2,1-5H3,(H,12,16). The second-order valence-corrected chi connectivity index (χ2v) is 12.1. The number of para-hydroxylation sites is 1. The van der Waals surface area contributed by atoms with Gasteiger partial charge < -0.3 is 15.9 Å². The fourth-order valence-corrected chi connectivity index (χ4v) is 3.80. The molecule has 0 aliphatic heterocycles. The van der Waals surface area contributed by atoms with Gasteiger partial charge in [-0.05, 0) is 50.7 Å². The molecule has 0 saturated carbocycles. The number of nitrogen functional groups attached to an aromatic ring is 1. The molecule has 0 saturated heterocycles. The minimum Gasteiger partial charge on any atom is -0.361 e. The van der Waals surface area contributed by atoms with Gasteiger partial charge >= 0.3 is 11.7 Å². The van der Waals surface area contributed by atoms with E-state index >= 15 is 0 Å². The number of rotatable bonds is 8. The SMILES string of the molecule is CC(C)c1nn(C(=O)NC(C)(C)C)c(=O)n1N.CCCCOCN(C(=O)CCl)c1c(C)cccc1C(C)(C)C. The first-order valence-electron chi connectivity index (χ1n) is 13.3. The first-order chi connectivity index (χ1) is 18.0. The van der Waals surface area contributed by atoms with Crippen molar-refractivity contribution in [3.05, 3.63) is 45.6 Å². The smallest absolute Gasteiger partial charge is 0.361 e. The third kappa shape index (κ3) is 10.0. The molecule has 0 spiro atoms. The van der Waals surface area contributed by atoms with E-state index in [0.29, 0.717) is 12.4 Å². The first kappa shape index (κ1) is 34.2. The number of aryl methyl sites for hydroxylation is 1. The van der Waals surface area contributed by atoms with Crippen LogP contribution in [-0.2, 0) is 14.9 Å². The largest absolute Gasteiger partial charge is 0.373 e. The molecule has 0 aliphatic rings. The maximum absolute atomic E-state index is 12.3. The van der Waals surface area contributed by atoms with E-state index in [4.69, 9.17) is 22.2 Å². The van der Waals surface area contributed by atoms with Crippen LogP contribution in [0.15, 0.2) is 23.0 Å². The van der Waals surface area contributed by atoms with Crippen molar-refractivity contribution < 1.29 is 14.3 Å². The molecule has 11 heteroatoms. The van der Waals surface area contributed by atoms with E-state index in [-0.39, 0.29) is 29.9 Å². The molecular formula is C28H47ClN6O4. The Kier molecular flexibility index (Phi) is 12.7. The molecule has 0 unspecified atom stereocenters. The molecule has 2 amide bonds. The van der Waals surface area contributed by atoms with Gasteiger partial charge in [-0.2, -0.15) is 4.68 Å². The zero-order valence-electron chi connectivity index (χ0n) is 25.2. The summed E-state index contributed by atoms with van der Waals surface area (Å²) in [4.78, 5) is 37.5. The second-order valence-electron chi connectivity index (χ2n) is 11.8. The van der Waals surface area contributed by atoms with E-state index in [9.17, 15) is 14.4 Å². The molecule has 2 rings (SSSR count). The molecule has 0 aliphatic carbocycles. The van der Waals surface area contributed by atoms with Crippen molar-refractivity contribution in [2.45, 2.75) is 99.0 Å². The number of halogens is 1. The van der Waals surface area contributed by atoms with Gasteiger partial charge in [-0.1, -0.05) is 66.2 Å². The molecule has 2 aromatic rings. The number of carbonyl (C=O) groups excluding carboxylic acids is 2. The summed E-state index contributed by atoms with van der Waals surface area (Å²) in [5, 5.41) is 6.57. The molecular weight excluding hydrogens is 520 g/mol. The summed E-state index contributed by atoms with van der Waals surface area (Å²) in [5.41, 5.74) is 1.98. The number of hydrogen-bond acceptors (Lipinski definition) is 6. The van der Waals surface area contributed by atoms with E-state index in [1.165, 1.54) is 0 Å². The van der Waals surface area contributed by atoms with E-state index < -0.39 is 17.3 Å². The van der Waals surface area contributed by atoms with Crippen LogP contribution in [0, 0.1) is 6.92 Å². The average molecular weight is 567 g/mol. The summed E-state index contributed by atoms with van der Waals surface area (Å²) < 4.78 is 7.33. The van der Waals surface area contributed by atoms with Crippen molar-refractivity contribution in [1.82, 2.24) is 19.8 Å². The summed E-state index contributed by atoms with van der Waals surface area (Å²) in [6.45, 7) is 20.6. The van der Waals surface area contributed by atoms with Gasteiger partial charge in [-0.15, -0.1) is 21.4 Å². The molecule has 0 radical (unpaired) electrons. The molecule has 1 aromatic heterocycles. The van der Waals surface area contributed by atoms with Crippen LogP contribution in [-0.4, -0.2) is 51.2 Å². The number of hydrogen-bond donors (Lipinski definition) is 2. The Bertz CT molecular complexity index is 1160. The quantitative estimate of drug-likeness (QED) is 0.203. The number of nitrogens with zero attached hydrogens (tertiary/aromatic N) is 4. The molecule has 220 valence electrons. The number of ether oxygens (including phenoxy) is 1. The predicted molar refractivity (Wildman–Crippen MR) is 158 cm³/mol. The predicted octanol–water partition coefficient (Wildman–Crippen LogP) is 4.88. The lowest BCUT2D eigenvalue weighted by Gasteiger charge is -2.31. The monoisotopic (exact) mass is 566 g/mol. The lowest BCUT2D eigenvalue weighted by molar-refractivity contribution is -0.117. The number of nitrogens with one attached hydrogen (secondary N) is 1. The van der Waals surface area contributed by atoms with Gasteiger partial charge in [0.15, 0.2) is 5.82 Å². The van der Waals surface area contributed by atoms with Crippen LogP contribution >= 0.6 is 11.6 Å². The Balaban J connectivity index is 0.000000403. The Labute approximate surface area is 237 Å². The topological polar surface area (TPSA) is 124 Å². The van der Waals surface area contributed by atoms with Crippen molar-refractivity contribution in [3.63, 3.8) is 0 Å². The van der Waals surface area contributed by atoms with Crippen molar-refractivity contribution in [2.24, 2.45) is 0 Å². The number of unbranched alkanes of at least 4 members (excludes halogenated alkanes) is 1. The van der Waals surface area contributed by atoms with Crippen LogP contribution in [0.2, 0.25) is 0 Å². The minimum atomic E-state index is -0.643. The Hall–Kier alpha value is -2.85. The minimum absolute atomic E-state index is 0.0311. The number of carbonyl (C=O) groups is 2. The van der Waals surface area contributed by atoms with Crippen LogP contribution in [0.5, 0.6) is 0 Å². The number of amides is 2. The lowest BCUT2D eigenvalue weighted by Crippen LogP contribution is -2.47. The van der Waals surface area contributed by atoms with E-state index in [1.807, 2.05) is 53.7 Å². The third-order valence-corrected chi connectivity index (χ3v) is 5.85. The van der Waals surface area contributed by atoms with Crippen molar-refractivity contribution in [2.75, 3.05) is 30.0 Å². The number of aromatic nitrogens is 3. The maximum atomic E-state index is 12.3. The van der Waals surface area contributed by atoms with Crippen LogP contribution in [0.4, 0.5) is 10.5 Å². The van der Waals surface area contributed by atoms with E-state index in [1.54, 1.807) is 4.90 Å². The van der Waals surface area contributed by atoms with Crippen LogP contribution in [0.25, 0.3) is 0 Å². The molecule has 3 N–H and O–H groups in total. The fourth-order valence-electron chi connectivity index (χ4n) is 3.65. The molecule has 0 bridgehead atoms. The second kappa shape index (κ2) is 14.5. The maximum Gasteiger partial charge on any atom is 0.373 e. The zero-order chi connectivity index (χ0) is 30.1. The summed E-state index contributed by atoms with van der Waals surface area (Å²) in [5.74, 6) is 5.72. The van der Waals surface area contributed by atoms with E-state index in [0.717, 1.165) is 39.0 Å². The van der Waals surface area contributed by atoms with Crippen LogP contribution in [0.1, 0.15) is 98.0 Å². The first-order valence-corrected chi connectivity index (χ1v) is 13.8. The highest BCUT2D eigenvalue weighted by molar-refractivity contribution is 6.29. The highest BCUT2D eigenvalue weighted by atomic mass is 35.5. The normalized spacial score (nSPS) is 11.7. The number of nitrogens with two attached hydrogens (primary N) is 1. The summed E-state index contributed by atoms with van der Waals surface area (Å²) in [7, 11) is 0. The van der Waals surface area contributed by atoms with E-state index in [2.05, 4.69) is 44.2 Å². The lowest BCUT2D eigenvalue weighted by atomic mass is 9.84.